The molecule has 0 amide bonds. The molecule has 2 unspecified atom stereocenters. The van der Waals surface area contributed by atoms with Gasteiger partial charge in [-0.2, -0.15) is 5.26 Å². The molecule has 2 aliphatic heterocycles. The topological polar surface area (TPSA) is 30.3 Å². The van der Waals surface area contributed by atoms with Crippen LogP contribution in [0.15, 0.2) is 22.7 Å². The molecule has 2 saturated heterocycles. The van der Waals surface area contributed by atoms with Crippen molar-refractivity contribution in [3.63, 3.8) is 0 Å². The fourth-order valence-corrected chi connectivity index (χ4v) is 3.79. The smallest absolute Gasteiger partial charge is 0.100 e. The molecule has 2 bridgehead atoms. The van der Waals surface area contributed by atoms with Gasteiger partial charge in [0.15, 0.2) is 0 Å². The van der Waals surface area contributed by atoms with E-state index in [-0.39, 0.29) is 0 Å². The van der Waals surface area contributed by atoms with Crippen LogP contribution in [0.5, 0.6) is 0 Å². The van der Waals surface area contributed by atoms with Crippen LogP contribution in [-0.2, 0) is 0 Å². The van der Waals surface area contributed by atoms with Crippen molar-refractivity contribution in [3.05, 3.63) is 28.2 Å². The monoisotopic (exact) mass is 319 g/mol. The van der Waals surface area contributed by atoms with Crippen LogP contribution in [0.4, 0.5) is 5.69 Å². The van der Waals surface area contributed by atoms with Crippen LogP contribution >= 0.6 is 15.9 Å². The molecule has 19 heavy (non-hydrogen) atoms. The molecular formula is C15H18BrN3. The first kappa shape index (κ1) is 13.0. The first-order valence-corrected chi connectivity index (χ1v) is 7.65. The second-order valence-electron chi connectivity index (χ2n) is 5.56. The maximum absolute atomic E-state index is 8.99. The number of hydrogen-bond acceptors (Lipinski definition) is 3. The van der Waals surface area contributed by atoms with Crippen LogP contribution in [0, 0.1) is 11.3 Å². The highest BCUT2D eigenvalue weighted by molar-refractivity contribution is 9.10. The molecule has 2 fully saturated rings. The van der Waals surface area contributed by atoms with Crippen molar-refractivity contribution in [2.45, 2.75) is 31.3 Å². The van der Waals surface area contributed by atoms with Crippen molar-refractivity contribution >= 4 is 21.6 Å². The van der Waals surface area contributed by atoms with Gasteiger partial charge >= 0.3 is 0 Å². The maximum atomic E-state index is 8.99. The normalized spacial score (nSPS) is 27.1. The van der Waals surface area contributed by atoms with Gasteiger partial charge in [-0.05, 0) is 60.4 Å². The summed E-state index contributed by atoms with van der Waals surface area (Å²) in [5, 5.41) is 8.99. The summed E-state index contributed by atoms with van der Waals surface area (Å²) in [5.41, 5.74) is 1.93. The molecule has 2 heterocycles. The van der Waals surface area contributed by atoms with E-state index in [4.69, 9.17) is 5.26 Å². The standard InChI is InChI=1S/C15H18BrN3/c1-18-12-4-5-14(18)10-19(7-6-12)13-3-2-11(9-17)15(16)8-13/h2-3,8,12,14H,4-7,10H2,1H3. The van der Waals surface area contributed by atoms with Gasteiger partial charge in [0.05, 0.1) is 5.56 Å². The van der Waals surface area contributed by atoms with Crippen molar-refractivity contribution in [2.24, 2.45) is 0 Å². The molecule has 0 spiro atoms. The molecule has 0 saturated carbocycles. The molecule has 0 aromatic heterocycles. The molecule has 0 aliphatic carbocycles. The Hall–Kier alpha value is -1.05. The first-order valence-electron chi connectivity index (χ1n) is 6.85. The van der Waals surface area contributed by atoms with Crippen LogP contribution in [0.25, 0.3) is 0 Å². The number of rotatable bonds is 1. The Balaban J connectivity index is 1.83. The van der Waals surface area contributed by atoms with Crippen molar-refractivity contribution in [1.29, 1.82) is 5.26 Å². The molecule has 100 valence electrons. The van der Waals surface area contributed by atoms with Crippen LogP contribution in [-0.4, -0.2) is 37.1 Å². The van der Waals surface area contributed by atoms with E-state index < -0.39 is 0 Å². The summed E-state index contributed by atoms with van der Waals surface area (Å²) in [6, 6.07) is 9.70. The number of anilines is 1. The molecular weight excluding hydrogens is 302 g/mol. The second-order valence-corrected chi connectivity index (χ2v) is 6.42. The minimum Gasteiger partial charge on any atom is -0.370 e. The Morgan fingerprint density at radius 3 is 2.79 bits per heavy atom. The molecule has 3 rings (SSSR count). The number of halogens is 1. The van der Waals surface area contributed by atoms with Gasteiger partial charge in [0.1, 0.15) is 6.07 Å². The van der Waals surface area contributed by atoms with Crippen molar-refractivity contribution in [2.75, 3.05) is 25.0 Å². The zero-order chi connectivity index (χ0) is 13.4. The summed E-state index contributed by atoms with van der Waals surface area (Å²) in [4.78, 5) is 5.02. The number of likely N-dealkylation sites (N-methyl/N-ethyl adjacent to an activating group) is 1. The van der Waals surface area contributed by atoms with E-state index in [1.807, 2.05) is 6.07 Å². The second kappa shape index (κ2) is 5.15. The largest absolute Gasteiger partial charge is 0.370 e. The van der Waals surface area contributed by atoms with Crippen LogP contribution in [0.1, 0.15) is 24.8 Å². The van der Waals surface area contributed by atoms with E-state index in [0.29, 0.717) is 11.6 Å². The average Bonchev–Trinajstić information content (AvgIpc) is 2.63. The fraction of sp³-hybridized carbons (Fsp3) is 0.533. The molecule has 0 N–H and O–H groups in total. The lowest BCUT2D eigenvalue weighted by atomic mass is 10.1. The van der Waals surface area contributed by atoms with E-state index >= 15 is 0 Å². The summed E-state index contributed by atoms with van der Waals surface area (Å²) < 4.78 is 0.898. The Kier molecular flexibility index (Phi) is 3.51. The molecule has 3 nitrogen and oxygen atoms in total. The van der Waals surface area contributed by atoms with E-state index in [1.54, 1.807) is 0 Å². The molecule has 0 radical (unpaired) electrons. The minimum atomic E-state index is 0.682. The Bertz CT molecular complexity index is 523. The van der Waals surface area contributed by atoms with Crippen LogP contribution < -0.4 is 4.90 Å². The highest BCUT2D eigenvalue weighted by Gasteiger charge is 2.34. The van der Waals surface area contributed by atoms with E-state index in [1.165, 1.54) is 24.9 Å². The van der Waals surface area contributed by atoms with Crippen LogP contribution in [0.3, 0.4) is 0 Å². The number of fused-ring (bicyclic) bond motifs is 2. The third-order valence-electron chi connectivity index (χ3n) is 4.59. The maximum Gasteiger partial charge on any atom is 0.100 e. The first-order chi connectivity index (χ1) is 9.19. The minimum absolute atomic E-state index is 0.682. The third kappa shape index (κ3) is 2.37. The summed E-state index contributed by atoms with van der Waals surface area (Å²) in [5.74, 6) is 0. The molecule has 4 heteroatoms. The van der Waals surface area contributed by atoms with Gasteiger partial charge in [0.25, 0.3) is 0 Å². The lowest BCUT2D eigenvalue weighted by Gasteiger charge is -2.27. The average molecular weight is 320 g/mol. The van der Waals surface area contributed by atoms with Gasteiger partial charge in [-0.1, -0.05) is 0 Å². The molecule has 1 aromatic carbocycles. The van der Waals surface area contributed by atoms with E-state index in [0.717, 1.165) is 23.6 Å². The lowest BCUT2D eigenvalue weighted by molar-refractivity contribution is 0.254. The Morgan fingerprint density at radius 2 is 2.05 bits per heavy atom. The summed E-state index contributed by atoms with van der Waals surface area (Å²) in [6.45, 7) is 2.22. The van der Waals surface area contributed by atoms with Gasteiger partial charge in [-0.25, -0.2) is 0 Å². The SMILES string of the molecule is CN1C2CCC1CN(c1ccc(C#N)c(Br)c1)CC2. The predicted octanol–water partition coefficient (Wildman–Crippen LogP) is 2.99. The summed E-state index contributed by atoms with van der Waals surface area (Å²) in [7, 11) is 2.26. The van der Waals surface area contributed by atoms with Crippen LogP contribution in [0.2, 0.25) is 0 Å². The Labute approximate surface area is 122 Å². The molecule has 2 aliphatic rings. The Morgan fingerprint density at radius 1 is 1.26 bits per heavy atom. The number of nitrogens with zero attached hydrogens (tertiary/aromatic N) is 3. The number of hydrogen-bond donors (Lipinski definition) is 0. The van der Waals surface area contributed by atoms with Gasteiger partial charge in [-0.15, -0.1) is 0 Å². The van der Waals surface area contributed by atoms with Gasteiger partial charge in [0, 0.05) is 35.3 Å². The molecule has 2 atom stereocenters. The fourth-order valence-electron chi connectivity index (χ4n) is 3.33. The molecule has 1 aromatic rings. The van der Waals surface area contributed by atoms with E-state index in [2.05, 4.69) is 51.0 Å². The number of nitriles is 1. The summed E-state index contributed by atoms with van der Waals surface area (Å²) in [6.07, 6.45) is 3.91. The highest BCUT2D eigenvalue weighted by atomic mass is 79.9. The zero-order valence-corrected chi connectivity index (χ0v) is 12.7. The van der Waals surface area contributed by atoms with Crippen molar-refractivity contribution < 1.29 is 0 Å². The lowest BCUT2D eigenvalue weighted by Crippen LogP contribution is -2.36. The van der Waals surface area contributed by atoms with Crippen molar-refractivity contribution in [3.8, 4) is 6.07 Å². The predicted molar refractivity (Wildman–Crippen MR) is 80.3 cm³/mol. The highest BCUT2D eigenvalue weighted by Crippen LogP contribution is 2.32. The number of benzene rings is 1. The van der Waals surface area contributed by atoms with Gasteiger partial charge < -0.3 is 4.90 Å². The summed E-state index contributed by atoms with van der Waals surface area (Å²) >= 11 is 3.49. The van der Waals surface area contributed by atoms with Crippen molar-refractivity contribution in [1.82, 2.24) is 4.90 Å². The third-order valence-corrected chi connectivity index (χ3v) is 5.24. The van der Waals surface area contributed by atoms with Gasteiger partial charge in [-0.3, -0.25) is 4.90 Å². The quantitative estimate of drug-likeness (QED) is 0.797. The zero-order valence-electron chi connectivity index (χ0n) is 11.1. The van der Waals surface area contributed by atoms with Gasteiger partial charge in [0.2, 0.25) is 0 Å². The van der Waals surface area contributed by atoms with E-state index in [9.17, 15) is 0 Å².